The fraction of sp³-hybridized carbons (Fsp3) is 0.471. The molecule has 1 aliphatic rings. The van der Waals surface area contributed by atoms with Crippen molar-refractivity contribution in [3.05, 3.63) is 41.3 Å². The zero-order chi connectivity index (χ0) is 18.0. The molecule has 1 saturated heterocycles. The Morgan fingerprint density at radius 3 is 2.36 bits per heavy atom. The largest absolute Gasteiger partial charge is 0.417 e. The summed E-state index contributed by atoms with van der Waals surface area (Å²) in [5, 5.41) is 3.33. The Morgan fingerprint density at radius 2 is 1.80 bits per heavy atom. The van der Waals surface area contributed by atoms with E-state index in [0.717, 1.165) is 49.5 Å². The van der Waals surface area contributed by atoms with Crippen LogP contribution in [0.2, 0.25) is 0 Å². The highest BCUT2D eigenvalue weighted by Crippen LogP contribution is 2.30. The maximum atomic E-state index is 12.6. The fourth-order valence-electron chi connectivity index (χ4n) is 2.77. The number of rotatable bonds is 3. The quantitative estimate of drug-likeness (QED) is 0.916. The van der Waals surface area contributed by atoms with E-state index in [0.29, 0.717) is 11.8 Å². The second kappa shape index (κ2) is 6.85. The van der Waals surface area contributed by atoms with E-state index in [9.17, 15) is 13.2 Å². The number of hydrogen-bond donors (Lipinski definition) is 1. The molecule has 2 aromatic heterocycles. The van der Waals surface area contributed by atoms with Gasteiger partial charge in [-0.1, -0.05) is 0 Å². The van der Waals surface area contributed by atoms with E-state index < -0.39 is 11.7 Å². The molecule has 8 heteroatoms. The van der Waals surface area contributed by atoms with Crippen molar-refractivity contribution in [2.24, 2.45) is 0 Å². The molecule has 0 aliphatic carbocycles. The van der Waals surface area contributed by atoms with Crippen LogP contribution < -0.4 is 10.2 Å². The van der Waals surface area contributed by atoms with E-state index in [1.165, 1.54) is 6.07 Å². The van der Waals surface area contributed by atoms with Gasteiger partial charge in [-0.15, -0.1) is 0 Å². The van der Waals surface area contributed by atoms with Gasteiger partial charge < -0.3 is 10.2 Å². The predicted molar refractivity (Wildman–Crippen MR) is 89.6 cm³/mol. The van der Waals surface area contributed by atoms with Gasteiger partial charge in [-0.2, -0.15) is 13.2 Å². The summed E-state index contributed by atoms with van der Waals surface area (Å²) >= 11 is 0. The fourth-order valence-corrected chi connectivity index (χ4v) is 2.77. The van der Waals surface area contributed by atoms with Gasteiger partial charge in [-0.05, 0) is 44.4 Å². The molecule has 1 N–H and O–H groups in total. The average Bonchev–Trinajstić information content (AvgIpc) is 2.58. The number of hydrogen-bond acceptors (Lipinski definition) is 5. The van der Waals surface area contributed by atoms with Crippen molar-refractivity contribution in [2.75, 3.05) is 23.3 Å². The highest BCUT2D eigenvalue weighted by Gasteiger charge is 2.31. The Labute approximate surface area is 144 Å². The number of nitrogens with zero attached hydrogens (tertiary/aromatic N) is 4. The van der Waals surface area contributed by atoms with Crippen molar-refractivity contribution in [1.29, 1.82) is 0 Å². The molecule has 134 valence electrons. The summed E-state index contributed by atoms with van der Waals surface area (Å²) in [4.78, 5) is 14.7. The van der Waals surface area contributed by atoms with E-state index in [1.54, 1.807) is 6.20 Å². The van der Waals surface area contributed by atoms with E-state index >= 15 is 0 Å². The summed E-state index contributed by atoms with van der Waals surface area (Å²) in [7, 11) is 0. The molecular weight excluding hydrogens is 331 g/mol. The lowest BCUT2D eigenvalue weighted by Crippen LogP contribution is -2.39. The van der Waals surface area contributed by atoms with Crippen LogP contribution in [0.25, 0.3) is 0 Å². The molecule has 0 saturated carbocycles. The molecule has 0 spiro atoms. The first-order valence-electron chi connectivity index (χ1n) is 8.18. The summed E-state index contributed by atoms with van der Waals surface area (Å²) in [6, 6.07) is 2.76. The SMILES string of the molecule is Cc1cnc(NC2CCN(c3ccc(C(F)(F)F)cn3)CC2)nc1C. The van der Waals surface area contributed by atoms with Crippen LogP contribution in [-0.4, -0.2) is 34.1 Å². The maximum Gasteiger partial charge on any atom is 0.417 e. The third-order valence-electron chi connectivity index (χ3n) is 4.45. The molecule has 5 nitrogen and oxygen atoms in total. The van der Waals surface area contributed by atoms with Crippen molar-refractivity contribution < 1.29 is 13.2 Å². The van der Waals surface area contributed by atoms with Gasteiger partial charge in [0.25, 0.3) is 0 Å². The minimum absolute atomic E-state index is 0.243. The Morgan fingerprint density at radius 1 is 1.08 bits per heavy atom. The van der Waals surface area contributed by atoms with Gasteiger partial charge >= 0.3 is 6.18 Å². The molecule has 0 bridgehead atoms. The van der Waals surface area contributed by atoms with Crippen LogP contribution in [0, 0.1) is 13.8 Å². The predicted octanol–water partition coefficient (Wildman–Crippen LogP) is 3.59. The molecule has 0 atom stereocenters. The first-order valence-corrected chi connectivity index (χ1v) is 8.18. The Bertz CT molecular complexity index is 722. The lowest BCUT2D eigenvalue weighted by atomic mass is 10.1. The summed E-state index contributed by atoms with van der Waals surface area (Å²) in [5.41, 5.74) is 1.28. The lowest BCUT2D eigenvalue weighted by Gasteiger charge is -2.33. The van der Waals surface area contributed by atoms with E-state index in [-0.39, 0.29) is 6.04 Å². The van der Waals surface area contributed by atoms with Crippen LogP contribution in [0.3, 0.4) is 0 Å². The molecule has 1 fully saturated rings. The van der Waals surface area contributed by atoms with Crippen LogP contribution in [-0.2, 0) is 6.18 Å². The van der Waals surface area contributed by atoms with Crippen LogP contribution in [0.15, 0.2) is 24.5 Å². The van der Waals surface area contributed by atoms with Gasteiger partial charge in [0.2, 0.25) is 5.95 Å². The molecule has 3 heterocycles. The van der Waals surface area contributed by atoms with Crippen LogP contribution in [0.5, 0.6) is 0 Å². The first-order chi connectivity index (χ1) is 11.8. The van der Waals surface area contributed by atoms with Gasteiger partial charge in [0, 0.05) is 37.2 Å². The van der Waals surface area contributed by atoms with E-state index in [1.807, 2.05) is 18.7 Å². The molecule has 2 aromatic rings. The Balaban J connectivity index is 1.57. The highest BCUT2D eigenvalue weighted by atomic mass is 19.4. The van der Waals surface area contributed by atoms with Gasteiger partial charge in [0.1, 0.15) is 5.82 Å². The van der Waals surface area contributed by atoms with Crippen molar-refractivity contribution in [1.82, 2.24) is 15.0 Å². The minimum Gasteiger partial charge on any atom is -0.356 e. The monoisotopic (exact) mass is 351 g/mol. The number of aromatic nitrogens is 3. The molecule has 1 aliphatic heterocycles. The second-order valence-corrected chi connectivity index (χ2v) is 6.27. The third kappa shape index (κ3) is 4.18. The molecule has 0 unspecified atom stereocenters. The van der Waals surface area contributed by atoms with Gasteiger partial charge in [0.15, 0.2) is 0 Å². The third-order valence-corrected chi connectivity index (χ3v) is 4.45. The summed E-state index contributed by atoms with van der Waals surface area (Å²) in [6.45, 7) is 5.36. The molecule has 0 radical (unpaired) electrons. The topological polar surface area (TPSA) is 53.9 Å². The lowest BCUT2D eigenvalue weighted by molar-refractivity contribution is -0.137. The summed E-state index contributed by atoms with van der Waals surface area (Å²) in [6.07, 6.45) is 0.0289. The Hall–Kier alpha value is -2.38. The number of alkyl halides is 3. The molecule has 0 aromatic carbocycles. The Kier molecular flexibility index (Phi) is 4.78. The minimum atomic E-state index is -4.35. The van der Waals surface area contributed by atoms with E-state index in [4.69, 9.17) is 0 Å². The van der Waals surface area contributed by atoms with Crippen molar-refractivity contribution in [3.63, 3.8) is 0 Å². The van der Waals surface area contributed by atoms with Gasteiger partial charge in [-0.3, -0.25) is 0 Å². The smallest absolute Gasteiger partial charge is 0.356 e. The second-order valence-electron chi connectivity index (χ2n) is 6.27. The standard InChI is InChI=1S/C17H20F3N5/c1-11-9-22-16(23-12(11)2)24-14-5-7-25(8-6-14)15-4-3-13(10-21-15)17(18,19)20/h3-4,9-10,14H,5-8H2,1-2H3,(H,22,23,24). The number of anilines is 2. The first kappa shape index (κ1) is 17.4. The zero-order valence-electron chi connectivity index (χ0n) is 14.1. The molecule has 0 amide bonds. The number of halogens is 3. The summed E-state index contributed by atoms with van der Waals surface area (Å²) in [5.74, 6) is 1.20. The van der Waals surface area contributed by atoms with Crippen LogP contribution in [0.1, 0.15) is 29.7 Å². The van der Waals surface area contributed by atoms with Gasteiger partial charge in [-0.25, -0.2) is 15.0 Å². The zero-order valence-corrected chi connectivity index (χ0v) is 14.1. The van der Waals surface area contributed by atoms with Crippen LogP contribution >= 0.6 is 0 Å². The van der Waals surface area contributed by atoms with Gasteiger partial charge in [0.05, 0.1) is 5.56 Å². The molecular formula is C17H20F3N5. The highest BCUT2D eigenvalue weighted by molar-refractivity contribution is 5.41. The number of piperidine rings is 1. The van der Waals surface area contributed by atoms with Crippen molar-refractivity contribution in [3.8, 4) is 0 Å². The molecule has 25 heavy (non-hydrogen) atoms. The average molecular weight is 351 g/mol. The number of nitrogens with one attached hydrogen (secondary N) is 1. The normalized spacial score (nSPS) is 16.1. The van der Waals surface area contributed by atoms with Crippen LogP contribution in [0.4, 0.5) is 24.9 Å². The maximum absolute atomic E-state index is 12.6. The van der Waals surface area contributed by atoms with Crippen molar-refractivity contribution in [2.45, 2.75) is 38.9 Å². The van der Waals surface area contributed by atoms with E-state index in [2.05, 4.69) is 20.3 Å². The number of pyridine rings is 1. The summed E-state index contributed by atoms with van der Waals surface area (Å²) < 4.78 is 37.8. The van der Waals surface area contributed by atoms with Crippen molar-refractivity contribution >= 4 is 11.8 Å². The number of aryl methyl sites for hydroxylation is 2. The molecule has 3 rings (SSSR count).